The first kappa shape index (κ1) is 20.2. The van der Waals surface area contributed by atoms with Gasteiger partial charge in [0.2, 0.25) is 0 Å². The van der Waals surface area contributed by atoms with Crippen LogP contribution in [-0.2, 0) is 4.74 Å². The number of amides is 1. The number of esters is 1. The van der Waals surface area contributed by atoms with Crippen LogP contribution in [0.2, 0.25) is 0 Å². The van der Waals surface area contributed by atoms with Crippen molar-refractivity contribution in [3.8, 4) is 11.5 Å². The summed E-state index contributed by atoms with van der Waals surface area (Å²) in [6, 6.07) is 8.11. The first-order valence-electron chi connectivity index (χ1n) is 7.23. The van der Waals surface area contributed by atoms with Crippen LogP contribution in [0.4, 0.5) is 0 Å². The lowest BCUT2D eigenvalue weighted by Gasteiger charge is -2.10. The van der Waals surface area contributed by atoms with Gasteiger partial charge in [0.25, 0.3) is 5.91 Å². The zero-order valence-electron chi connectivity index (χ0n) is 13.9. The molecule has 0 aliphatic rings. The molecule has 0 spiro atoms. The molecule has 1 aromatic carbocycles. The Bertz CT molecular complexity index is 709. The number of nitrogens with one attached hydrogen (secondary N) is 1. The van der Waals surface area contributed by atoms with E-state index >= 15 is 0 Å². The summed E-state index contributed by atoms with van der Waals surface area (Å²) in [4.78, 5) is 27.6. The maximum absolute atomic E-state index is 12.1. The second-order valence-corrected chi connectivity index (χ2v) is 4.70. The summed E-state index contributed by atoms with van der Waals surface area (Å²) in [5, 5.41) is 2.67. The Morgan fingerprint density at radius 1 is 1.08 bits per heavy atom. The molecule has 0 saturated carbocycles. The molecule has 0 atom stereocenters. The van der Waals surface area contributed by atoms with Gasteiger partial charge in [-0.15, -0.1) is 12.4 Å². The van der Waals surface area contributed by atoms with Gasteiger partial charge in [0.05, 0.1) is 26.3 Å². The second kappa shape index (κ2) is 10.1. The summed E-state index contributed by atoms with van der Waals surface area (Å²) < 4.78 is 15.3. The van der Waals surface area contributed by atoms with Crippen molar-refractivity contribution in [1.82, 2.24) is 10.3 Å². The van der Waals surface area contributed by atoms with E-state index in [1.165, 1.54) is 20.4 Å². The maximum Gasteiger partial charge on any atom is 0.339 e. The number of hydrogen-bond donors (Lipinski definition) is 1. The van der Waals surface area contributed by atoms with Crippen molar-refractivity contribution in [2.75, 3.05) is 27.4 Å². The average molecular weight is 367 g/mol. The number of ether oxygens (including phenoxy) is 3. The van der Waals surface area contributed by atoms with E-state index in [4.69, 9.17) is 14.2 Å². The van der Waals surface area contributed by atoms with E-state index in [1.54, 1.807) is 36.5 Å². The van der Waals surface area contributed by atoms with Crippen molar-refractivity contribution in [3.05, 3.63) is 53.9 Å². The van der Waals surface area contributed by atoms with Gasteiger partial charge in [-0.1, -0.05) is 0 Å². The molecule has 1 N–H and O–H groups in total. The van der Waals surface area contributed by atoms with E-state index < -0.39 is 5.97 Å². The van der Waals surface area contributed by atoms with Crippen LogP contribution >= 0.6 is 12.4 Å². The van der Waals surface area contributed by atoms with E-state index in [-0.39, 0.29) is 31.5 Å². The van der Waals surface area contributed by atoms with Crippen LogP contribution in [0.25, 0.3) is 0 Å². The molecule has 1 aromatic heterocycles. The standard InChI is InChI=1S/C17H18N2O5.ClH/c1-22-14-6-5-12(10-15(14)23-2)16(20)19-8-9-24-17(21)13-4-3-7-18-11-13;/h3-7,10-11H,8-9H2,1-2H3,(H,19,20);1H. The molecule has 0 fully saturated rings. The number of carbonyl (C=O) groups is 2. The topological polar surface area (TPSA) is 86.8 Å². The SMILES string of the molecule is COc1ccc(C(=O)NCCOC(=O)c2cccnc2)cc1OC.Cl. The lowest BCUT2D eigenvalue weighted by atomic mass is 10.2. The van der Waals surface area contributed by atoms with Crippen molar-refractivity contribution in [2.24, 2.45) is 0 Å². The number of rotatable bonds is 7. The summed E-state index contributed by atoms with van der Waals surface area (Å²) in [6.45, 7) is 0.256. The predicted molar refractivity (Wildman–Crippen MR) is 93.6 cm³/mol. The number of aromatic nitrogens is 1. The van der Waals surface area contributed by atoms with Gasteiger partial charge in [-0.25, -0.2) is 4.79 Å². The molecular formula is C17H19ClN2O5. The molecule has 0 saturated heterocycles. The third-order valence-electron chi connectivity index (χ3n) is 3.16. The first-order chi connectivity index (χ1) is 11.7. The molecule has 8 heteroatoms. The van der Waals surface area contributed by atoms with Crippen LogP contribution < -0.4 is 14.8 Å². The molecule has 1 amide bonds. The summed E-state index contributed by atoms with van der Waals surface area (Å²) in [6.07, 6.45) is 2.99. The Kier molecular flexibility index (Phi) is 8.22. The Balaban J connectivity index is 0.00000312. The highest BCUT2D eigenvalue weighted by Crippen LogP contribution is 2.27. The predicted octanol–water partition coefficient (Wildman–Crippen LogP) is 2.11. The van der Waals surface area contributed by atoms with Gasteiger partial charge in [0, 0.05) is 18.0 Å². The van der Waals surface area contributed by atoms with Crippen LogP contribution in [0.3, 0.4) is 0 Å². The van der Waals surface area contributed by atoms with Crippen molar-refractivity contribution >= 4 is 24.3 Å². The number of pyridine rings is 1. The summed E-state index contributed by atoms with van der Waals surface area (Å²) >= 11 is 0. The first-order valence-corrected chi connectivity index (χ1v) is 7.23. The fourth-order valence-electron chi connectivity index (χ4n) is 1.95. The molecule has 1 heterocycles. The Morgan fingerprint density at radius 2 is 1.84 bits per heavy atom. The van der Waals surface area contributed by atoms with Gasteiger partial charge in [0.1, 0.15) is 6.61 Å². The quantitative estimate of drug-likeness (QED) is 0.596. The lowest BCUT2D eigenvalue weighted by molar-refractivity contribution is 0.0502. The molecule has 2 rings (SSSR count). The zero-order valence-corrected chi connectivity index (χ0v) is 14.7. The van der Waals surface area contributed by atoms with E-state index in [0.717, 1.165) is 0 Å². The highest BCUT2D eigenvalue weighted by atomic mass is 35.5. The van der Waals surface area contributed by atoms with Crippen LogP contribution in [-0.4, -0.2) is 44.2 Å². The third kappa shape index (κ3) is 5.65. The summed E-state index contributed by atoms with van der Waals surface area (Å²) in [7, 11) is 3.02. The van der Waals surface area contributed by atoms with Crippen molar-refractivity contribution < 1.29 is 23.8 Å². The van der Waals surface area contributed by atoms with E-state index in [1.807, 2.05) is 0 Å². The Hall–Kier alpha value is -2.80. The average Bonchev–Trinajstić information content (AvgIpc) is 2.64. The molecule has 0 unspecified atom stereocenters. The van der Waals surface area contributed by atoms with Crippen LogP contribution in [0.15, 0.2) is 42.7 Å². The van der Waals surface area contributed by atoms with Gasteiger partial charge in [-0.05, 0) is 30.3 Å². The van der Waals surface area contributed by atoms with Crippen LogP contribution in [0.1, 0.15) is 20.7 Å². The Labute approximate surface area is 151 Å². The lowest BCUT2D eigenvalue weighted by Crippen LogP contribution is -2.28. The fraction of sp³-hybridized carbons (Fsp3) is 0.235. The highest BCUT2D eigenvalue weighted by Gasteiger charge is 2.11. The fourth-order valence-corrected chi connectivity index (χ4v) is 1.95. The second-order valence-electron chi connectivity index (χ2n) is 4.70. The van der Waals surface area contributed by atoms with Gasteiger partial charge in [-0.3, -0.25) is 9.78 Å². The van der Waals surface area contributed by atoms with E-state index in [0.29, 0.717) is 22.6 Å². The minimum Gasteiger partial charge on any atom is -0.493 e. The maximum atomic E-state index is 12.1. The number of hydrogen-bond acceptors (Lipinski definition) is 6. The minimum atomic E-state index is -0.483. The molecule has 134 valence electrons. The van der Waals surface area contributed by atoms with Gasteiger partial charge >= 0.3 is 5.97 Å². The molecule has 2 aromatic rings. The summed E-state index contributed by atoms with van der Waals surface area (Å²) in [5.74, 6) is 0.226. The molecule has 0 radical (unpaired) electrons. The smallest absolute Gasteiger partial charge is 0.339 e. The van der Waals surface area contributed by atoms with Gasteiger partial charge in [-0.2, -0.15) is 0 Å². The van der Waals surface area contributed by atoms with Crippen molar-refractivity contribution in [2.45, 2.75) is 0 Å². The Morgan fingerprint density at radius 3 is 2.48 bits per heavy atom. The van der Waals surface area contributed by atoms with E-state index in [2.05, 4.69) is 10.3 Å². The van der Waals surface area contributed by atoms with Crippen molar-refractivity contribution in [3.63, 3.8) is 0 Å². The largest absolute Gasteiger partial charge is 0.493 e. The molecule has 0 aliphatic carbocycles. The zero-order chi connectivity index (χ0) is 17.4. The normalized spacial score (nSPS) is 9.52. The monoisotopic (exact) mass is 366 g/mol. The van der Waals surface area contributed by atoms with Crippen LogP contribution in [0, 0.1) is 0 Å². The molecule has 0 bridgehead atoms. The van der Waals surface area contributed by atoms with Crippen molar-refractivity contribution in [1.29, 1.82) is 0 Å². The number of nitrogens with zero attached hydrogens (tertiary/aromatic N) is 1. The van der Waals surface area contributed by atoms with Crippen LogP contribution in [0.5, 0.6) is 11.5 Å². The molecule has 0 aliphatic heterocycles. The number of carbonyl (C=O) groups excluding carboxylic acids is 2. The number of methoxy groups -OCH3 is 2. The minimum absolute atomic E-state index is 0. The molecule has 25 heavy (non-hydrogen) atoms. The third-order valence-corrected chi connectivity index (χ3v) is 3.16. The number of benzene rings is 1. The summed E-state index contributed by atoms with van der Waals surface area (Å²) in [5.41, 5.74) is 0.787. The molecular weight excluding hydrogens is 348 g/mol. The highest BCUT2D eigenvalue weighted by molar-refractivity contribution is 5.95. The number of halogens is 1. The van der Waals surface area contributed by atoms with Gasteiger partial charge < -0.3 is 19.5 Å². The molecule has 7 nitrogen and oxygen atoms in total. The van der Waals surface area contributed by atoms with Gasteiger partial charge in [0.15, 0.2) is 11.5 Å². The van der Waals surface area contributed by atoms with E-state index in [9.17, 15) is 9.59 Å².